The number of likely N-dealkylation sites (tertiary alicyclic amines) is 1. The molecule has 0 aromatic heterocycles. The Morgan fingerprint density at radius 1 is 1.35 bits per heavy atom. The molecule has 7 nitrogen and oxygen atoms in total. The fourth-order valence-corrected chi connectivity index (χ4v) is 3.04. The van der Waals surface area contributed by atoms with Gasteiger partial charge in [0.2, 0.25) is 0 Å². The summed E-state index contributed by atoms with van der Waals surface area (Å²) in [6.07, 6.45) is 1.90. The number of carbonyl (C=O) groups is 2. The van der Waals surface area contributed by atoms with Gasteiger partial charge in [-0.3, -0.25) is 9.59 Å². The molecule has 26 heavy (non-hydrogen) atoms. The minimum atomic E-state index is -0.240. The Kier molecular flexibility index (Phi) is 8.68. The van der Waals surface area contributed by atoms with Crippen molar-refractivity contribution in [3.63, 3.8) is 0 Å². The number of amides is 2. The van der Waals surface area contributed by atoms with Crippen LogP contribution in [0.15, 0.2) is 18.2 Å². The number of likely N-dealkylation sites (N-methyl/N-ethyl adjacent to an activating group) is 1. The molecule has 0 radical (unpaired) electrons. The van der Waals surface area contributed by atoms with E-state index >= 15 is 0 Å². The quantitative estimate of drug-likeness (QED) is 0.772. The van der Waals surface area contributed by atoms with Gasteiger partial charge in [0.1, 0.15) is 0 Å². The highest BCUT2D eigenvalue weighted by atomic mass is 35.5. The van der Waals surface area contributed by atoms with Gasteiger partial charge in [-0.25, -0.2) is 0 Å². The lowest BCUT2D eigenvalue weighted by Gasteiger charge is -2.38. The van der Waals surface area contributed by atoms with E-state index in [0.717, 1.165) is 12.8 Å². The number of carbonyl (C=O) groups excluding carboxylic acids is 2. The first-order valence-electron chi connectivity index (χ1n) is 8.52. The van der Waals surface area contributed by atoms with Crippen molar-refractivity contribution in [1.82, 2.24) is 10.2 Å². The van der Waals surface area contributed by atoms with Crippen molar-refractivity contribution >= 4 is 24.2 Å². The largest absolute Gasteiger partial charge is 0.493 e. The molecule has 8 heteroatoms. The van der Waals surface area contributed by atoms with Crippen LogP contribution >= 0.6 is 12.4 Å². The number of hydrogen-bond donors (Lipinski definition) is 2. The fourth-order valence-electron chi connectivity index (χ4n) is 3.04. The Labute approximate surface area is 160 Å². The van der Waals surface area contributed by atoms with E-state index in [9.17, 15) is 9.59 Å². The predicted molar refractivity (Wildman–Crippen MR) is 102 cm³/mol. The van der Waals surface area contributed by atoms with E-state index in [1.807, 2.05) is 4.90 Å². The highest BCUT2D eigenvalue weighted by molar-refractivity contribution is 5.95. The molecule has 0 aliphatic carbocycles. The van der Waals surface area contributed by atoms with Crippen LogP contribution in [0.3, 0.4) is 0 Å². The molecule has 2 rings (SSSR count). The van der Waals surface area contributed by atoms with Crippen molar-refractivity contribution in [3.05, 3.63) is 23.8 Å². The standard InChI is InChI=1S/C18H27N3O4.ClH/c1-12-6-7-21(14(8-12)10-19)18(23)13-4-5-15(16(9-13)24-3)25-11-17(22)20-2;/h4-5,9,12,14H,6-8,10-11,19H2,1-3H3,(H,20,22);1H. The highest BCUT2D eigenvalue weighted by Crippen LogP contribution is 2.30. The number of nitrogens with two attached hydrogens (primary N) is 1. The van der Waals surface area contributed by atoms with Crippen LogP contribution in [0.25, 0.3) is 0 Å². The molecule has 1 aliphatic heterocycles. The van der Waals surface area contributed by atoms with Crippen LogP contribution in [0.4, 0.5) is 0 Å². The van der Waals surface area contributed by atoms with Crippen LogP contribution in [0.5, 0.6) is 11.5 Å². The van der Waals surface area contributed by atoms with Gasteiger partial charge in [-0.2, -0.15) is 0 Å². The normalized spacial score (nSPS) is 19.3. The molecule has 0 bridgehead atoms. The Morgan fingerprint density at radius 2 is 2.08 bits per heavy atom. The number of benzene rings is 1. The summed E-state index contributed by atoms with van der Waals surface area (Å²) in [4.78, 5) is 26.0. The van der Waals surface area contributed by atoms with Crippen LogP contribution in [0, 0.1) is 5.92 Å². The minimum Gasteiger partial charge on any atom is -0.493 e. The first-order chi connectivity index (χ1) is 12.0. The van der Waals surface area contributed by atoms with Gasteiger partial charge in [-0.1, -0.05) is 6.92 Å². The summed E-state index contributed by atoms with van der Waals surface area (Å²) in [7, 11) is 3.04. The van der Waals surface area contributed by atoms with Crippen LogP contribution in [0.1, 0.15) is 30.1 Å². The van der Waals surface area contributed by atoms with E-state index in [4.69, 9.17) is 15.2 Å². The summed E-state index contributed by atoms with van der Waals surface area (Å²) in [5, 5.41) is 2.48. The fraction of sp³-hybridized carbons (Fsp3) is 0.556. The molecule has 3 N–H and O–H groups in total. The maximum Gasteiger partial charge on any atom is 0.257 e. The average Bonchev–Trinajstić information content (AvgIpc) is 2.65. The van der Waals surface area contributed by atoms with Gasteiger partial charge >= 0.3 is 0 Å². The molecule has 146 valence electrons. The molecular formula is C18H28ClN3O4. The molecular weight excluding hydrogens is 358 g/mol. The molecule has 1 aromatic rings. The molecule has 2 unspecified atom stereocenters. The lowest BCUT2D eigenvalue weighted by molar-refractivity contribution is -0.122. The van der Waals surface area contributed by atoms with Crippen LogP contribution in [0.2, 0.25) is 0 Å². The van der Waals surface area contributed by atoms with E-state index in [2.05, 4.69) is 12.2 Å². The first-order valence-corrected chi connectivity index (χ1v) is 8.52. The van der Waals surface area contributed by atoms with Crippen molar-refractivity contribution < 1.29 is 19.1 Å². The zero-order valence-electron chi connectivity index (χ0n) is 15.5. The van der Waals surface area contributed by atoms with Gasteiger partial charge in [0, 0.05) is 31.7 Å². The summed E-state index contributed by atoms with van der Waals surface area (Å²) in [5.41, 5.74) is 6.38. The number of ether oxygens (including phenoxy) is 2. The molecule has 1 aliphatic rings. The third kappa shape index (κ3) is 5.25. The van der Waals surface area contributed by atoms with Crippen LogP contribution < -0.4 is 20.5 Å². The monoisotopic (exact) mass is 385 g/mol. The second kappa shape index (κ2) is 10.2. The molecule has 2 atom stereocenters. The summed E-state index contributed by atoms with van der Waals surface area (Å²) in [6.45, 7) is 3.24. The van der Waals surface area contributed by atoms with E-state index in [0.29, 0.717) is 36.1 Å². The van der Waals surface area contributed by atoms with Gasteiger partial charge in [0.05, 0.1) is 7.11 Å². The Balaban J connectivity index is 0.00000338. The van der Waals surface area contributed by atoms with E-state index < -0.39 is 0 Å². The third-order valence-electron chi connectivity index (χ3n) is 4.56. The second-order valence-electron chi connectivity index (χ2n) is 6.35. The molecule has 1 heterocycles. The Hall–Kier alpha value is -1.99. The maximum absolute atomic E-state index is 12.9. The SMILES string of the molecule is CNC(=O)COc1ccc(C(=O)N2CCC(C)CC2CN)cc1OC.Cl. The predicted octanol–water partition coefficient (Wildman–Crippen LogP) is 1.44. The number of halogens is 1. The van der Waals surface area contributed by atoms with Crippen molar-refractivity contribution in [3.8, 4) is 11.5 Å². The summed E-state index contributed by atoms with van der Waals surface area (Å²) >= 11 is 0. The molecule has 0 spiro atoms. The maximum atomic E-state index is 12.9. The summed E-state index contributed by atoms with van der Waals surface area (Å²) in [5.74, 6) is 1.12. The number of piperidine rings is 1. The van der Waals surface area contributed by atoms with Gasteiger partial charge in [0.15, 0.2) is 18.1 Å². The zero-order chi connectivity index (χ0) is 18.4. The Bertz CT molecular complexity index is 626. The van der Waals surface area contributed by atoms with Crippen molar-refractivity contribution in [2.75, 3.05) is 33.9 Å². The van der Waals surface area contributed by atoms with Crippen LogP contribution in [-0.2, 0) is 4.79 Å². The molecule has 2 amide bonds. The summed E-state index contributed by atoms with van der Waals surface area (Å²) in [6, 6.07) is 5.05. The number of hydrogen-bond acceptors (Lipinski definition) is 5. The van der Waals surface area contributed by atoms with Gasteiger partial charge < -0.3 is 25.4 Å². The topological polar surface area (TPSA) is 93.9 Å². The Morgan fingerprint density at radius 3 is 2.69 bits per heavy atom. The second-order valence-corrected chi connectivity index (χ2v) is 6.35. The lowest BCUT2D eigenvalue weighted by Crippen LogP contribution is -2.49. The molecule has 0 saturated carbocycles. The first kappa shape index (κ1) is 22.1. The minimum absolute atomic E-state index is 0. The molecule has 1 aromatic carbocycles. The van der Waals surface area contributed by atoms with Gasteiger partial charge in [-0.15, -0.1) is 12.4 Å². The molecule has 1 fully saturated rings. The number of rotatable bonds is 6. The van der Waals surface area contributed by atoms with Gasteiger partial charge in [0.25, 0.3) is 11.8 Å². The van der Waals surface area contributed by atoms with Gasteiger partial charge in [-0.05, 0) is 37.0 Å². The number of nitrogens with one attached hydrogen (secondary N) is 1. The summed E-state index contributed by atoms with van der Waals surface area (Å²) < 4.78 is 10.7. The van der Waals surface area contributed by atoms with E-state index in [-0.39, 0.29) is 36.9 Å². The van der Waals surface area contributed by atoms with Crippen molar-refractivity contribution in [2.45, 2.75) is 25.8 Å². The average molecular weight is 386 g/mol. The van der Waals surface area contributed by atoms with E-state index in [1.165, 1.54) is 14.2 Å². The lowest BCUT2D eigenvalue weighted by atomic mass is 9.92. The van der Waals surface area contributed by atoms with Crippen LogP contribution in [-0.4, -0.2) is 56.6 Å². The smallest absolute Gasteiger partial charge is 0.257 e. The third-order valence-corrected chi connectivity index (χ3v) is 4.56. The highest BCUT2D eigenvalue weighted by Gasteiger charge is 2.30. The number of methoxy groups -OCH3 is 1. The van der Waals surface area contributed by atoms with Crippen molar-refractivity contribution in [1.29, 1.82) is 0 Å². The molecule has 1 saturated heterocycles. The number of nitrogens with zero attached hydrogens (tertiary/aromatic N) is 1. The van der Waals surface area contributed by atoms with Crippen molar-refractivity contribution in [2.24, 2.45) is 11.7 Å². The zero-order valence-corrected chi connectivity index (χ0v) is 16.3. The van der Waals surface area contributed by atoms with E-state index in [1.54, 1.807) is 18.2 Å².